The molecule has 1 heterocycles. The Morgan fingerprint density at radius 3 is 2.72 bits per heavy atom. The molecule has 5 nitrogen and oxygen atoms in total. The first-order chi connectivity index (χ1) is 11.9. The SMILES string of the molecule is CC(C)(CNC(=O)NC[C@@H]1CC[C@H](O)C1)N1CCc2ccccc2C1. The van der Waals surface area contributed by atoms with Crippen LogP contribution in [0.3, 0.4) is 0 Å². The molecule has 2 atom stereocenters. The molecule has 25 heavy (non-hydrogen) atoms. The van der Waals surface area contributed by atoms with Crippen LogP contribution in [-0.4, -0.2) is 47.3 Å². The van der Waals surface area contributed by atoms with Crippen molar-refractivity contribution in [3.8, 4) is 0 Å². The number of amides is 2. The molecule has 3 rings (SSSR count). The average Bonchev–Trinajstić information content (AvgIpc) is 3.03. The average molecular weight is 345 g/mol. The van der Waals surface area contributed by atoms with E-state index in [1.807, 2.05) is 0 Å². The number of nitrogens with zero attached hydrogens (tertiary/aromatic N) is 1. The van der Waals surface area contributed by atoms with Crippen molar-refractivity contribution >= 4 is 6.03 Å². The van der Waals surface area contributed by atoms with Gasteiger partial charge in [0.2, 0.25) is 0 Å². The molecule has 0 bridgehead atoms. The fourth-order valence-corrected chi connectivity index (χ4v) is 3.95. The highest BCUT2D eigenvalue weighted by molar-refractivity contribution is 5.73. The molecule has 0 spiro atoms. The number of rotatable bonds is 5. The van der Waals surface area contributed by atoms with Gasteiger partial charge in [-0.25, -0.2) is 4.79 Å². The van der Waals surface area contributed by atoms with Crippen LogP contribution in [0.25, 0.3) is 0 Å². The van der Waals surface area contributed by atoms with E-state index in [0.717, 1.165) is 38.8 Å². The number of carbonyl (C=O) groups excluding carboxylic acids is 1. The van der Waals surface area contributed by atoms with Crippen LogP contribution in [0, 0.1) is 5.92 Å². The molecule has 1 fully saturated rings. The lowest BCUT2D eigenvalue weighted by Gasteiger charge is -2.41. The van der Waals surface area contributed by atoms with Gasteiger partial charge in [0.25, 0.3) is 0 Å². The Labute approximate surface area is 150 Å². The van der Waals surface area contributed by atoms with E-state index in [0.29, 0.717) is 19.0 Å². The Hall–Kier alpha value is -1.59. The number of urea groups is 1. The third-order valence-corrected chi connectivity index (χ3v) is 5.73. The summed E-state index contributed by atoms with van der Waals surface area (Å²) in [5, 5.41) is 15.5. The van der Waals surface area contributed by atoms with E-state index in [2.05, 4.69) is 53.6 Å². The van der Waals surface area contributed by atoms with Crippen LogP contribution in [0.15, 0.2) is 24.3 Å². The summed E-state index contributed by atoms with van der Waals surface area (Å²) in [6.45, 7) is 7.61. The van der Waals surface area contributed by atoms with E-state index in [4.69, 9.17) is 0 Å². The molecule has 2 amide bonds. The zero-order valence-electron chi connectivity index (χ0n) is 15.4. The van der Waals surface area contributed by atoms with Crippen molar-refractivity contribution in [2.45, 2.75) is 57.7 Å². The zero-order valence-corrected chi connectivity index (χ0v) is 15.4. The van der Waals surface area contributed by atoms with Crippen LogP contribution in [-0.2, 0) is 13.0 Å². The topological polar surface area (TPSA) is 64.6 Å². The number of hydrogen-bond acceptors (Lipinski definition) is 3. The highest BCUT2D eigenvalue weighted by Crippen LogP contribution is 2.25. The Balaban J connectivity index is 1.44. The number of hydrogen-bond donors (Lipinski definition) is 3. The maximum Gasteiger partial charge on any atom is 0.314 e. The molecule has 1 aliphatic heterocycles. The van der Waals surface area contributed by atoms with Crippen LogP contribution in [0.1, 0.15) is 44.2 Å². The van der Waals surface area contributed by atoms with Crippen molar-refractivity contribution < 1.29 is 9.90 Å². The third-order valence-electron chi connectivity index (χ3n) is 5.73. The van der Waals surface area contributed by atoms with Crippen LogP contribution in [0.5, 0.6) is 0 Å². The summed E-state index contributed by atoms with van der Waals surface area (Å²) < 4.78 is 0. The van der Waals surface area contributed by atoms with E-state index in [1.54, 1.807) is 0 Å². The minimum atomic E-state index is -0.184. The van der Waals surface area contributed by atoms with Gasteiger partial charge in [0, 0.05) is 31.7 Å². The molecule has 0 radical (unpaired) electrons. The highest BCUT2D eigenvalue weighted by atomic mass is 16.3. The molecule has 1 aromatic rings. The molecule has 0 unspecified atom stereocenters. The van der Waals surface area contributed by atoms with Crippen LogP contribution >= 0.6 is 0 Å². The van der Waals surface area contributed by atoms with Crippen LogP contribution in [0.2, 0.25) is 0 Å². The van der Waals surface area contributed by atoms with Gasteiger partial charge in [0.05, 0.1) is 6.10 Å². The summed E-state index contributed by atoms with van der Waals surface area (Å²) >= 11 is 0. The van der Waals surface area contributed by atoms with E-state index in [-0.39, 0.29) is 17.7 Å². The summed E-state index contributed by atoms with van der Waals surface area (Å²) in [7, 11) is 0. The van der Waals surface area contributed by atoms with Gasteiger partial charge in [-0.15, -0.1) is 0 Å². The summed E-state index contributed by atoms with van der Waals surface area (Å²) in [5.41, 5.74) is 2.75. The molecule has 2 aliphatic rings. The molecule has 1 aromatic carbocycles. The minimum Gasteiger partial charge on any atom is -0.393 e. The largest absolute Gasteiger partial charge is 0.393 e. The smallest absolute Gasteiger partial charge is 0.314 e. The van der Waals surface area contributed by atoms with Gasteiger partial charge < -0.3 is 15.7 Å². The third kappa shape index (κ3) is 4.73. The molecule has 138 valence electrons. The van der Waals surface area contributed by atoms with E-state index < -0.39 is 0 Å². The number of aliphatic hydroxyl groups excluding tert-OH is 1. The van der Waals surface area contributed by atoms with Crippen molar-refractivity contribution in [1.29, 1.82) is 0 Å². The Kier molecular flexibility index (Phi) is 5.64. The van der Waals surface area contributed by atoms with Crippen molar-refractivity contribution in [2.24, 2.45) is 5.92 Å². The Morgan fingerprint density at radius 2 is 2.00 bits per heavy atom. The molecular weight excluding hydrogens is 314 g/mol. The lowest BCUT2D eigenvalue weighted by molar-refractivity contribution is 0.104. The molecule has 1 aliphatic carbocycles. The second kappa shape index (κ2) is 7.75. The molecule has 0 aromatic heterocycles. The fourth-order valence-electron chi connectivity index (χ4n) is 3.95. The van der Waals surface area contributed by atoms with E-state index in [9.17, 15) is 9.90 Å². The van der Waals surface area contributed by atoms with Gasteiger partial charge in [-0.3, -0.25) is 4.90 Å². The first-order valence-corrected chi connectivity index (χ1v) is 9.45. The van der Waals surface area contributed by atoms with Crippen molar-refractivity contribution in [2.75, 3.05) is 19.6 Å². The first kappa shape index (κ1) is 18.2. The first-order valence-electron chi connectivity index (χ1n) is 9.45. The molecule has 0 saturated heterocycles. The summed E-state index contributed by atoms with van der Waals surface area (Å²) in [6, 6.07) is 8.52. The predicted molar refractivity (Wildman–Crippen MR) is 99.4 cm³/mol. The fraction of sp³-hybridized carbons (Fsp3) is 0.650. The number of carbonyl (C=O) groups is 1. The molecule has 1 saturated carbocycles. The summed E-state index contributed by atoms with van der Waals surface area (Å²) in [6.07, 6.45) is 3.54. The van der Waals surface area contributed by atoms with Crippen molar-refractivity contribution in [1.82, 2.24) is 15.5 Å². The molecular formula is C20H31N3O2. The summed E-state index contributed by atoms with van der Waals surface area (Å²) in [4.78, 5) is 14.6. The van der Waals surface area contributed by atoms with Gasteiger partial charge in [-0.05, 0) is 56.6 Å². The number of fused-ring (bicyclic) bond motifs is 1. The van der Waals surface area contributed by atoms with Gasteiger partial charge in [0.1, 0.15) is 0 Å². The predicted octanol–water partition coefficient (Wildman–Crippen LogP) is 2.28. The lowest BCUT2D eigenvalue weighted by Crippen LogP contribution is -2.54. The van der Waals surface area contributed by atoms with Crippen LogP contribution < -0.4 is 10.6 Å². The van der Waals surface area contributed by atoms with Crippen molar-refractivity contribution in [3.05, 3.63) is 35.4 Å². The Morgan fingerprint density at radius 1 is 1.24 bits per heavy atom. The van der Waals surface area contributed by atoms with E-state index >= 15 is 0 Å². The number of nitrogens with one attached hydrogen (secondary N) is 2. The number of benzene rings is 1. The number of aliphatic hydroxyl groups is 1. The normalized spacial score (nSPS) is 24.0. The minimum absolute atomic E-state index is 0.0889. The molecule has 5 heteroatoms. The standard InChI is InChI=1S/C20H31N3O2/c1-20(2,23-10-9-16-5-3-4-6-17(16)13-23)14-22-19(25)21-12-15-7-8-18(24)11-15/h3-6,15,18,24H,7-14H2,1-2H3,(H2,21,22,25)/t15-,18+/m1/s1. The second-order valence-corrected chi connectivity index (χ2v) is 8.15. The second-order valence-electron chi connectivity index (χ2n) is 8.15. The van der Waals surface area contributed by atoms with Gasteiger partial charge in [-0.2, -0.15) is 0 Å². The Bertz CT molecular complexity index is 602. The maximum absolute atomic E-state index is 12.1. The molecule has 3 N–H and O–H groups in total. The van der Waals surface area contributed by atoms with Gasteiger partial charge in [0.15, 0.2) is 0 Å². The van der Waals surface area contributed by atoms with E-state index in [1.165, 1.54) is 11.1 Å². The summed E-state index contributed by atoms with van der Waals surface area (Å²) in [5.74, 6) is 0.410. The lowest BCUT2D eigenvalue weighted by atomic mass is 9.94. The van der Waals surface area contributed by atoms with Gasteiger partial charge in [-0.1, -0.05) is 24.3 Å². The van der Waals surface area contributed by atoms with Crippen LogP contribution in [0.4, 0.5) is 4.79 Å². The van der Waals surface area contributed by atoms with Crippen molar-refractivity contribution in [3.63, 3.8) is 0 Å². The zero-order chi connectivity index (χ0) is 17.9. The van der Waals surface area contributed by atoms with Gasteiger partial charge >= 0.3 is 6.03 Å². The monoisotopic (exact) mass is 345 g/mol. The highest BCUT2D eigenvalue weighted by Gasteiger charge is 2.30. The maximum atomic E-state index is 12.1. The quantitative estimate of drug-likeness (QED) is 0.767.